The Bertz CT molecular complexity index is 953. The molecule has 0 bridgehead atoms. The Hall–Kier alpha value is -3.39. The lowest BCUT2D eigenvalue weighted by Gasteiger charge is -2.04. The lowest BCUT2D eigenvalue weighted by molar-refractivity contribution is -0.729. The molecular weight excluding hydrogens is 390 g/mol. The Morgan fingerprint density at radius 3 is 2.66 bits per heavy atom. The van der Waals surface area contributed by atoms with Crippen LogP contribution < -0.4 is 10.1 Å². The molecule has 148 valence electrons. The molecule has 0 spiro atoms. The van der Waals surface area contributed by atoms with Crippen LogP contribution in [0.1, 0.15) is 17.2 Å². The molecule has 1 aliphatic heterocycles. The molecule has 0 aromatic heterocycles. The number of amidine groups is 1. The number of ether oxygens (including phenoxy) is 1. The van der Waals surface area contributed by atoms with Crippen molar-refractivity contribution >= 4 is 34.6 Å². The van der Waals surface area contributed by atoms with Crippen LogP contribution in [0.4, 0.5) is 5.69 Å². The van der Waals surface area contributed by atoms with Gasteiger partial charge in [0.15, 0.2) is 5.17 Å². The first-order valence-corrected chi connectivity index (χ1v) is 9.83. The van der Waals surface area contributed by atoms with E-state index in [1.54, 1.807) is 24.3 Å². The van der Waals surface area contributed by atoms with Crippen LogP contribution in [0.3, 0.4) is 0 Å². The smallest absolute Gasteiger partial charge is 0.316 e. The molecule has 1 atom stereocenters. The summed E-state index contributed by atoms with van der Waals surface area (Å²) in [6.45, 7) is 4.05. The van der Waals surface area contributed by atoms with E-state index in [0.717, 1.165) is 16.9 Å². The van der Waals surface area contributed by atoms with Crippen molar-refractivity contribution in [3.8, 4) is 5.75 Å². The fourth-order valence-corrected chi connectivity index (χ4v) is 3.54. The largest absolute Gasteiger partial charge is 0.490 e. The summed E-state index contributed by atoms with van der Waals surface area (Å²) in [5.74, 6) is 1.16. The van der Waals surface area contributed by atoms with E-state index < -0.39 is 0 Å². The third-order valence-electron chi connectivity index (χ3n) is 4.05. The van der Waals surface area contributed by atoms with Crippen LogP contribution in [0, 0.1) is 4.91 Å². The second kappa shape index (κ2) is 9.70. The number of benzene rings is 2. The van der Waals surface area contributed by atoms with Gasteiger partial charge in [-0.05, 0) is 41.5 Å². The van der Waals surface area contributed by atoms with Gasteiger partial charge in [0.05, 0.1) is 10.9 Å². The number of hydrogen-bond donors (Lipinski definition) is 2. The van der Waals surface area contributed by atoms with Gasteiger partial charge < -0.3 is 10.1 Å². The van der Waals surface area contributed by atoms with Gasteiger partial charge in [-0.3, -0.25) is 9.79 Å². The van der Waals surface area contributed by atoms with Gasteiger partial charge in [0, 0.05) is 24.0 Å². The summed E-state index contributed by atoms with van der Waals surface area (Å²) in [6, 6.07) is 13.8. The number of hydrogen-bond acceptors (Lipinski definition) is 5. The molecule has 8 heteroatoms. The van der Waals surface area contributed by atoms with Crippen molar-refractivity contribution < 1.29 is 19.7 Å². The van der Waals surface area contributed by atoms with Crippen LogP contribution in [-0.4, -0.2) is 33.6 Å². The van der Waals surface area contributed by atoms with Crippen LogP contribution >= 0.6 is 11.8 Å². The molecule has 2 aromatic carbocycles. The van der Waals surface area contributed by atoms with Crippen LogP contribution in [0.5, 0.6) is 5.75 Å². The van der Waals surface area contributed by atoms with Gasteiger partial charge in [-0.15, -0.1) is 0 Å². The second-order valence-corrected chi connectivity index (χ2v) is 7.13. The van der Waals surface area contributed by atoms with E-state index in [0.29, 0.717) is 17.5 Å². The predicted molar refractivity (Wildman–Crippen MR) is 113 cm³/mol. The number of rotatable bonds is 7. The summed E-state index contributed by atoms with van der Waals surface area (Å²) >= 11 is 1.45. The number of amides is 1. The molecule has 0 saturated carbocycles. The summed E-state index contributed by atoms with van der Waals surface area (Å²) in [7, 11) is 0. The molecule has 1 heterocycles. The number of aliphatic imine (C=N–C) groups is 1. The van der Waals surface area contributed by atoms with Gasteiger partial charge >= 0.3 is 5.69 Å². The van der Waals surface area contributed by atoms with E-state index in [-0.39, 0.29) is 22.6 Å². The average Bonchev–Trinajstić information content (AvgIpc) is 3.20. The summed E-state index contributed by atoms with van der Waals surface area (Å²) in [6.07, 6.45) is 4.85. The predicted octanol–water partition coefficient (Wildman–Crippen LogP) is 4.02. The lowest BCUT2D eigenvalue weighted by Crippen LogP contribution is -2.25. The van der Waals surface area contributed by atoms with E-state index >= 15 is 0 Å². The van der Waals surface area contributed by atoms with Crippen molar-refractivity contribution in [2.75, 3.05) is 12.4 Å². The van der Waals surface area contributed by atoms with Crippen LogP contribution in [0.25, 0.3) is 6.08 Å². The maximum Gasteiger partial charge on any atom is 0.316 e. The number of carbonyl (C=O) groups excluding carboxylic acids is 1. The summed E-state index contributed by atoms with van der Waals surface area (Å²) in [4.78, 5) is 27.3. The van der Waals surface area contributed by atoms with Crippen molar-refractivity contribution in [1.82, 2.24) is 5.32 Å². The molecule has 1 unspecified atom stereocenters. The van der Waals surface area contributed by atoms with Gasteiger partial charge in [0.25, 0.3) is 4.92 Å². The zero-order valence-corrected chi connectivity index (χ0v) is 16.3. The normalized spacial score (nSPS) is 15.7. The SMILES string of the molecule is C=CCOc1ccc(/C=C/C(=O)NC2=NC(c3ccc([N+](=O)O)cc3)CS2)cc1. The Morgan fingerprint density at radius 1 is 1.28 bits per heavy atom. The fraction of sp³-hybridized carbons (Fsp3) is 0.143. The minimum atomic E-state index is -0.262. The highest BCUT2D eigenvalue weighted by Gasteiger charge is 2.22. The first-order chi connectivity index (χ1) is 14.0. The van der Waals surface area contributed by atoms with Crippen LogP contribution in [-0.2, 0) is 4.79 Å². The Labute approximate surface area is 172 Å². The van der Waals surface area contributed by atoms with Crippen molar-refractivity contribution in [3.05, 3.63) is 83.3 Å². The summed E-state index contributed by atoms with van der Waals surface area (Å²) < 4.78 is 5.42. The van der Waals surface area contributed by atoms with Crippen molar-refractivity contribution in [3.63, 3.8) is 0 Å². The Kier molecular flexibility index (Phi) is 6.80. The zero-order chi connectivity index (χ0) is 20.6. The fourth-order valence-electron chi connectivity index (χ4n) is 2.59. The van der Waals surface area contributed by atoms with Crippen LogP contribution in [0.15, 0.2) is 72.3 Å². The van der Waals surface area contributed by atoms with Crippen LogP contribution in [0.2, 0.25) is 0 Å². The number of carbonyl (C=O) groups is 1. The van der Waals surface area contributed by atoms with E-state index in [4.69, 9.17) is 9.94 Å². The second-order valence-electron chi connectivity index (χ2n) is 6.12. The molecule has 29 heavy (non-hydrogen) atoms. The third-order valence-corrected chi connectivity index (χ3v) is 5.02. The standard InChI is InChI=1S/C21H19N3O4S/c1-2-13-28-18-10-3-15(4-11-18)5-12-20(25)23-21-22-19(14-29-21)16-6-8-17(9-7-16)24(26)27/h2-12,19H,1,13-14H2,(H-,22,23,25,26,27)/p+1/b12-5+. The van der Waals surface area contributed by atoms with E-state index in [2.05, 4.69) is 16.9 Å². The molecule has 0 aliphatic carbocycles. The molecule has 1 amide bonds. The first kappa shape index (κ1) is 20.3. The van der Waals surface area contributed by atoms with Gasteiger partial charge in [0.2, 0.25) is 5.91 Å². The van der Waals surface area contributed by atoms with E-state index in [1.165, 1.54) is 30.0 Å². The molecule has 7 nitrogen and oxygen atoms in total. The highest BCUT2D eigenvalue weighted by Crippen LogP contribution is 2.30. The third kappa shape index (κ3) is 5.79. The topological polar surface area (TPSA) is 91.0 Å². The lowest BCUT2D eigenvalue weighted by atomic mass is 10.1. The quantitative estimate of drug-likeness (QED) is 0.409. The molecule has 0 radical (unpaired) electrons. The molecule has 0 saturated heterocycles. The van der Waals surface area contributed by atoms with Crippen molar-refractivity contribution in [2.24, 2.45) is 4.99 Å². The highest BCUT2D eigenvalue weighted by atomic mass is 32.2. The minimum absolute atomic E-state index is 0.116. The molecule has 2 N–H and O–H groups in total. The summed E-state index contributed by atoms with van der Waals surface area (Å²) in [5.41, 5.74) is 1.94. The zero-order valence-electron chi connectivity index (χ0n) is 15.5. The maximum absolute atomic E-state index is 12.1. The van der Waals surface area contributed by atoms with Gasteiger partial charge in [-0.2, -0.15) is 0 Å². The average molecular weight is 410 g/mol. The molecular formula is C21H20N3O4S+. The maximum atomic E-state index is 12.1. The van der Waals surface area contributed by atoms with Crippen molar-refractivity contribution in [1.29, 1.82) is 0 Å². The minimum Gasteiger partial charge on any atom is -0.490 e. The summed E-state index contributed by atoms with van der Waals surface area (Å²) in [5, 5.41) is 12.2. The number of nitrogens with one attached hydrogen (secondary N) is 1. The monoisotopic (exact) mass is 410 g/mol. The molecule has 2 aromatic rings. The Morgan fingerprint density at radius 2 is 2.00 bits per heavy atom. The highest BCUT2D eigenvalue weighted by molar-refractivity contribution is 8.14. The van der Waals surface area contributed by atoms with E-state index in [9.17, 15) is 9.70 Å². The molecule has 1 aliphatic rings. The number of nitrogens with zero attached hydrogens (tertiary/aromatic N) is 2. The first-order valence-electron chi connectivity index (χ1n) is 8.84. The Balaban J connectivity index is 1.55. The van der Waals surface area contributed by atoms with Gasteiger partial charge in [-0.1, -0.05) is 36.5 Å². The number of thioether (sulfide) groups is 1. The van der Waals surface area contributed by atoms with Gasteiger partial charge in [0.1, 0.15) is 12.4 Å². The van der Waals surface area contributed by atoms with E-state index in [1.807, 2.05) is 24.3 Å². The van der Waals surface area contributed by atoms with Gasteiger partial charge in [-0.25, -0.2) is 5.21 Å². The van der Waals surface area contributed by atoms with Crippen molar-refractivity contribution in [2.45, 2.75) is 6.04 Å². The molecule has 0 fully saturated rings. The molecule has 3 rings (SSSR count).